The standard InChI is InChI=1S/C12H14O3/c13-8-9-3-4-10-11(7-9)15-12(14-10)5-1-2-6-12/h3-4,7,13H,1-2,5-6,8H2. The van der Waals surface area contributed by atoms with Gasteiger partial charge in [0.2, 0.25) is 0 Å². The molecule has 2 aliphatic rings. The van der Waals surface area contributed by atoms with Crippen molar-refractivity contribution >= 4 is 0 Å². The summed E-state index contributed by atoms with van der Waals surface area (Å²) in [6, 6.07) is 5.62. The molecule has 1 saturated carbocycles. The maximum atomic E-state index is 9.03. The van der Waals surface area contributed by atoms with E-state index in [0.717, 1.165) is 29.9 Å². The van der Waals surface area contributed by atoms with Crippen LogP contribution in [0.15, 0.2) is 18.2 Å². The molecule has 1 aromatic carbocycles. The van der Waals surface area contributed by atoms with Crippen molar-refractivity contribution in [3.63, 3.8) is 0 Å². The molecule has 0 saturated heterocycles. The Bertz CT molecular complexity index is 380. The quantitative estimate of drug-likeness (QED) is 0.765. The number of hydrogen-bond donors (Lipinski definition) is 1. The molecular weight excluding hydrogens is 192 g/mol. The lowest BCUT2D eigenvalue weighted by Crippen LogP contribution is -2.34. The molecular formula is C12H14O3. The first-order valence-electron chi connectivity index (χ1n) is 5.43. The van der Waals surface area contributed by atoms with Gasteiger partial charge < -0.3 is 14.6 Å². The summed E-state index contributed by atoms with van der Waals surface area (Å²) in [5.41, 5.74) is 0.868. The summed E-state index contributed by atoms with van der Waals surface area (Å²) in [5, 5.41) is 9.03. The molecule has 0 atom stereocenters. The normalized spacial score (nSPS) is 21.1. The summed E-state index contributed by atoms with van der Waals surface area (Å²) < 4.78 is 11.7. The van der Waals surface area contributed by atoms with Crippen molar-refractivity contribution in [2.75, 3.05) is 0 Å². The lowest BCUT2D eigenvalue weighted by atomic mass is 10.2. The van der Waals surface area contributed by atoms with E-state index in [1.54, 1.807) is 0 Å². The summed E-state index contributed by atoms with van der Waals surface area (Å²) in [6.45, 7) is 0.0453. The lowest BCUT2D eigenvalue weighted by molar-refractivity contribution is -0.0716. The number of aliphatic hydroxyl groups excluding tert-OH is 1. The molecule has 1 aliphatic heterocycles. The third-order valence-corrected chi connectivity index (χ3v) is 3.15. The highest BCUT2D eigenvalue weighted by molar-refractivity contribution is 5.45. The molecule has 80 valence electrons. The highest BCUT2D eigenvalue weighted by Gasteiger charge is 2.43. The van der Waals surface area contributed by atoms with Crippen LogP contribution < -0.4 is 9.47 Å². The van der Waals surface area contributed by atoms with Gasteiger partial charge in [0.25, 0.3) is 5.79 Å². The fourth-order valence-corrected chi connectivity index (χ4v) is 2.35. The zero-order chi connectivity index (χ0) is 10.3. The maximum absolute atomic E-state index is 9.03. The molecule has 0 amide bonds. The van der Waals surface area contributed by atoms with Gasteiger partial charge in [0.05, 0.1) is 6.61 Å². The van der Waals surface area contributed by atoms with Crippen LogP contribution in [0, 0.1) is 0 Å². The van der Waals surface area contributed by atoms with Gasteiger partial charge in [-0.05, 0) is 30.5 Å². The number of hydrogen-bond acceptors (Lipinski definition) is 3. The number of fused-ring (bicyclic) bond motifs is 1. The average molecular weight is 206 g/mol. The fourth-order valence-electron chi connectivity index (χ4n) is 2.35. The van der Waals surface area contributed by atoms with E-state index in [-0.39, 0.29) is 6.61 Å². The Morgan fingerprint density at radius 2 is 1.87 bits per heavy atom. The van der Waals surface area contributed by atoms with Gasteiger partial charge in [-0.3, -0.25) is 0 Å². The molecule has 0 bridgehead atoms. The van der Waals surface area contributed by atoms with Crippen molar-refractivity contribution in [2.24, 2.45) is 0 Å². The molecule has 0 aromatic heterocycles. The molecule has 1 fully saturated rings. The first kappa shape index (κ1) is 9.04. The second-order valence-electron chi connectivity index (χ2n) is 4.26. The summed E-state index contributed by atoms with van der Waals surface area (Å²) >= 11 is 0. The van der Waals surface area contributed by atoms with Gasteiger partial charge >= 0.3 is 0 Å². The Morgan fingerprint density at radius 3 is 2.60 bits per heavy atom. The van der Waals surface area contributed by atoms with E-state index >= 15 is 0 Å². The number of rotatable bonds is 1. The summed E-state index contributed by atoms with van der Waals surface area (Å²) in [7, 11) is 0. The Labute approximate surface area is 88.6 Å². The van der Waals surface area contributed by atoms with Crippen LogP contribution in [0.2, 0.25) is 0 Å². The third-order valence-electron chi connectivity index (χ3n) is 3.15. The second-order valence-corrected chi connectivity index (χ2v) is 4.26. The Hall–Kier alpha value is -1.22. The maximum Gasteiger partial charge on any atom is 0.251 e. The fraction of sp³-hybridized carbons (Fsp3) is 0.500. The van der Waals surface area contributed by atoms with Crippen molar-refractivity contribution in [3.05, 3.63) is 23.8 Å². The molecule has 1 aliphatic carbocycles. The highest BCUT2D eigenvalue weighted by atomic mass is 16.7. The van der Waals surface area contributed by atoms with Crippen LogP contribution >= 0.6 is 0 Å². The summed E-state index contributed by atoms with van der Waals surface area (Å²) in [4.78, 5) is 0. The van der Waals surface area contributed by atoms with Gasteiger partial charge in [-0.25, -0.2) is 0 Å². The lowest BCUT2D eigenvalue weighted by Gasteiger charge is -2.21. The van der Waals surface area contributed by atoms with Crippen LogP contribution in [0.5, 0.6) is 11.5 Å². The van der Waals surface area contributed by atoms with Crippen LogP contribution in [0.25, 0.3) is 0 Å². The Morgan fingerprint density at radius 1 is 1.13 bits per heavy atom. The van der Waals surface area contributed by atoms with E-state index in [4.69, 9.17) is 14.6 Å². The summed E-state index contributed by atoms with van der Waals surface area (Å²) in [5.74, 6) is 1.20. The first-order chi connectivity index (χ1) is 7.31. The van der Waals surface area contributed by atoms with E-state index < -0.39 is 5.79 Å². The van der Waals surface area contributed by atoms with Crippen LogP contribution in [0.3, 0.4) is 0 Å². The molecule has 0 radical (unpaired) electrons. The van der Waals surface area contributed by atoms with Crippen LogP contribution in [0.4, 0.5) is 0 Å². The van der Waals surface area contributed by atoms with E-state index in [2.05, 4.69) is 0 Å². The molecule has 3 rings (SSSR count). The Balaban J connectivity index is 1.92. The molecule has 1 heterocycles. The molecule has 3 nitrogen and oxygen atoms in total. The zero-order valence-electron chi connectivity index (χ0n) is 8.53. The van der Waals surface area contributed by atoms with Gasteiger partial charge in [0, 0.05) is 12.8 Å². The van der Waals surface area contributed by atoms with Crippen LogP contribution in [-0.4, -0.2) is 10.9 Å². The smallest absolute Gasteiger partial charge is 0.251 e. The topological polar surface area (TPSA) is 38.7 Å². The summed E-state index contributed by atoms with van der Waals surface area (Å²) in [6.07, 6.45) is 4.27. The van der Waals surface area contributed by atoms with Crippen molar-refractivity contribution in [2.45, 2.75) is 38.1 Å². The van der Waals surface area contributed by atoms with Crippen LogP contribution in [0.1, 0.15) is 31.2 Å². The largest absolute Gasteiger partial charge is 0.448 e. The molecule has 15 heavy (non-hydrogen) atoms. The molecule has 1 spiro atoms. The van der Waals surface area contributed by atoms with E-state index in [1.165, 1.54) is 12.8 Å². The molecule has 1 N–H and O–H groups in total. The second kappa shape index (κ2) is 3.14. The van der Waals surface area contributed by atoms with Crippen molar-refractivity contribution in [1.82, 2.24) is 0 Å². The van der Waals surface area contributed by atoms with Gasteiger partial charge in [0.1, 0.15) is 0 Å². The van der Waals surface area contributed by atoms with E-state index in [1.807, 2.05) is 18.2 Å². The Kier molecular flexibility index (Phi) is 1.89. The van der Waals surface area contributed by atoms with E-state index in [9.17, 15) is 0 Å². The first-order valence-corrected chi connectivity index (χ1v) is 5.43. The molecule has 3 heteroatoms. The van der Waals surface area contributed by atoms with Crippen molar-refractivity contribution < 1.29 is 14.6 Å². The number of aliphatic hydroxyl groups is 1. The highest BCUT2D eigenvalue weighted by Crippen LogP contribution is 2.46. The van der Waals surface area contributed by atoms with Crippen molar-refractivity contribution in [3.8, 4) is 11.5 Å². The third kappa shape index (κ3) is 1.38. The minimum Gasteiger partial charge on any atom is -0.448 e. The average Bonchev–Trinajstić information content (AvgIpc) is 2.84. The van der Waals surface area contributed by atoms with E-state index in [0.29, 0.717) is 0 Å². The van der Waals surface area contributed by atoms with Gasteiger partial charge in [-0.1, -0.05) is 6.07 Å². The molecule has 1 aromatic rings. The number of benzene rings is 1. The van der Waals surface area contributed by atoms with Gasteiger partial charge in [0.15, 0.2) is 11.5 Å². The van der Waals surface area contributed by atoms with Gasteiger partial charge in [-0.2, -0.15) is 0 Å². The SMILES string of the molecule is OCc1ccc2c(c1)OC1(CCCC1)O2. The molecule has 0 unspecified atom stereocenters. The minimum atomic E-state index is -0.392. The minimum absolute atomic E-state index is 0.0453. The number of ether oxygens (including phenoxy) is 2. The predicted octanol–water partition coefficient (Wildman–Crippen LogP) is 2.22. The van der Waals surface area contributed by atoms with Gasteiger partial charge in [-0.15, -0.1) is 0 Å². The predicted molar refractivity (Wildman–Crippen MR) is 54.8 cm³/mol. The monoisotopic (exact) mass is 206 g/mol. The zero-order valence-corrected chi connectivity index (χ0v) is 8.53. The van der Waals surface area contributed by atoms with Crippen LogP contribution in [-0.2, 0) is 6.61 Å². The van der Waals surface area contributed by atoms with Crippen molar-refractivity contribution in [1.29, 1.82) is 0 Å².